The first-order chi connectivity index (χ1) is 13.2. The van der Waals surface area contributed by atoms with Gasteiger partial charge in [-0.2, -0.15) is 0 Å². The number of hydrogen-bond acceptors (Lipinski definition) is 4. The minimum Gasteiger partial charge on any atom is -0.506 e. The van der Waals surface area contributed by atoms with Crippen LogP contribution >= 0.6 is 11.6 Å². The number of benzene rings is 2. The van der Waals surface area contributed by atoms with E-state index in [1.807, 2.05) is 24.3 Å². The van der Waals surface area contributed by atoms with Gasteiger partial charge in [0.25, 0.3) is 5.91 Å². The zero-order valence-electron chi connectivity index (χ0n) is 16.0. The Balaban J connectivity index is 1.61. The van der Waals surface area contributed by atoms with Crippen LogP contribution in [0.4, 0.5) is 5.69 Å². The predicted octanol–water partition coefficient (Wildman–Crippen LogP) is 5.77. The molecule has 0 aliphatic heterocycles. The fourth-order valence-corrected chi connectivity index (χ4v) is 2.75. The number of nitrogens with one attached hydrogen (secondary N) is 1. The molecule has 3 rings (SSSR count). The number of anilines is 1. The summed E-state index contributed by atoms with van der Waals surface area (Å²) in [6, 6.07) is 15.5. The number of amides is 1. The standard InChI is InChI=1S/C22H22ClNO4/c1-22(2,3)14-4-7-16(8-5-14)27-13-17-9-11-20(28-17)21(26)24-18-12-15(23)6-10-19(18)25/h4-12,25H,13H2,1-3H3,(H,24,26). The molecule has 0 aliphatic rings. The van der Waals surface area contributed by atoms with Crippen LogP contribution < -0.4 is 10.1 Å². The highest BCUT2D eigenvalue weighted by molar-refractivity contribution is 6.31. The van der Waals surface area contributed by atoms with Gasteiger partial charge in [0.1, 0.15) is 23.9 Å². The highest BCUT2D eigenvalue weighted by atomic mass is 35.5. The van der Waals surface area contributed by atoms with Gasteiger partial charge in [-0.3, -0.25) is 4.79 Å². The summed E-state index contributed by atoms with van der Waals surface area (Å²) < 4.78 is 11.3. The van der Waals surface area contributed by atoms with Crippen molar-refractivity contribution in [2.75, 3.05) is 5.32 Å². The molecule has 28 heavy (non-hydrogen) atoms. The van der Waals surface area contributed by atoms with Crippen LogP contribution in [0, 0.1) is 0 Å². The maximum atomic E-state index is 12.3. The molecule has 2 N–H and O–H groups in total. The van der Waals surface area contributed by atoms with E-state index in [1.54, 1.807) is 12.1 Å². The zero-order chi connectivity index (χ0) is 20.3. The Bertz CT molecular complexity index is 971. The smallest absolute Gasteiger partial charge is 0.291 e. The van der Waals surface area contributed by atoms with E-state index in [0.29, 0.717) is 10.8 Å². The molecule has 2 aromatic carbocycles. The molecule has 0 fully saturated rings. The largest absolute Gasteiger partial charge is 0.506 e. The van der Waals surface area contributed by atoms with Crippen LogP contribution in [0.1, 0.15) is 42.6 Å². The number of phenols is 1. The molecule has 3 aromatic rings. The Morgan fingerprint density at radius 3 is 2.50 bits per heavy atom. The van der Waals surface area contributed by atoms with Gasteiger partial charge in [-0.15, -0.1) is 0 Å². The van der Waals surface area contributed by atoms with Crippen molar-refractivity contribution in [2.24, 2.45) is 0 Å². The Labute approximate surface area is 168 Å². The van der Waals surface area contributed by atoms with Crippen LogP contribution in [0.2, 0.25) is 5.02 Å². The van der Waals surface area contributed by atoms with E-state index in [-0.39, 0.29) is 29.2 Å². The lowest BCUT2D eigenvalue weighted by atomic mass is 9.87. The van der Waals surface area contributed by atoms with Crippen molar-refractivity contribution in [3.8, 4) is 11.5 Å². The van der Waals surface area contributed by atoms with Gasteiger partial charge in [0, 0.05) is 5.02 Å². The third-order valence-corrected chi connectivity index (χ3v) is 4.43. The zero-order valence-corrected chi connectivity index (χ0v) is 16.7. The molecule has 1 heterocycles. The number of rotatable bonds is 5. The van der Waals surface area contributed by atoms with Crippen molar-refractivity contribution in [3.63, 3.8) is 0 Å². The Morgan fingerprint density at radius 2 is 1.82 bits per heavy atom. The van der Waals surface area contributed by atoms with E-state index in [1.165, 1.54) is 23.8 Å². The molecular formula is C22H22ClNO4. The van der Waals surface area contributed by atoms with Crippen molar-refractivity contribution >= 4 is 23.2 Å². The molecule has 146 valence electrons. The van der Waals surface area contributed by atoms with Crippen molar-refractivity contribution in [3.05, 3.63) is 76.7 Å². The van der Waals surface area contributed by atoms with E-state index in [0.717, 1.165) is 5.75 Å². The van der Waals surface area contributed by atoms with Crippen molar-refractivity contribution < 1.29 is 19.1 Å². The number of hydrogen-bond donors (Lipinski definition) is 2. The summed E-state index contributed by atoms with van der Waals surface area (Å²) in [7, 11) is 0. The Kier molecular flexibility index (Phi) is 5.66. The average Bonchev–Trinajstić information content (AvgIpc) is 3.12. The van der Waals surface area contributed by atoms with Crippen LogP contribution in [0.25, 0.3) is 0 Å². The minimum atomic E-state index is -0.488. The van der Waals surface area contributed by atoms with E-state index in [2.05, 4.69) is 26.1 Å². The van der Waals surface area contributed by atoms with Gasteiger partial charge in [0.2, 0.25) is 0 Å². The van der Waals surface area contributed by atoms with Crippen LogP contribution in [-0.4, -0.2) is 11.0 Å². The van der Waals surface area contributed by atoms with E-state index in [9.17, 15) is 9.90 Å². The summed E-state index contributed by atoms with van der Waals surface area (Å²) in [5, 5.41) is 12.8. The van der Waals surface area contributed by atoms with Crippen molar-refractivity contribution in [2.45, 2.75) is 32.8 Å². The summed E-state index contributed by atoms with van der Waals surface area (Å²) in [6.45, 7) is 6.66. The summed E-state index contributed by atoms with van der Waals surface area (Å²) in [6.07, 6.45) is 0. The van der Waals surface area contributed by atoms with Crippen LogP contribution in [0.15, 0.2) is 59.0 Å². The molecule has 0 spiro atoms. The van der Waals surface area contributed by atoms with Crippen LogP contribution in [-0.2, 0) is 12.0 Å². The highest BCUT2D eigenvalue weighted by Crippen LogP contribution is 2.27. The first-order valence-electron chi connectivity index (χ1n) is 8.84. The first kappa shape index (κ1) is 19.8. The molecule has 0 saturated carbocycles. The van der Waals surface area contributed by atoms with E-state index < -0.39 is 5.91 Å². The second kappa shape index (κ2) is 7.98. The number of carbonyl (C=O) groups is 1. The first-order valence-corrected chi connectivity index (χ1v) is 9.22. The lowest BCUT2D eigenvalue weighted by Crippen LogP contribution is -2.11. The van der Waals surface area contributed by atoms with Crippen LogP contribution in [0.3, 0.4) is 0 Å². The molecule has 0 saturated heterocycles. The lowest BCUT2D eigenvalue weighted by Gasteiger charge is -2.19. The van der Waals surface area contributed by atoms with Gasteiger partial charge >= 0.3 is 0 Å². The maximum Gasteiger partial charge on any atom is 0.291 e. The van der Waals surface area contributed by atoms with E-state index in [4.69, 9.17) is 20.8 Å². The molecule has 6 heteroatoms. The summed E-state index contributed by atoms with van der Waals surface area (Å²) >= 11 is 5.88. The fourth-order valence-electron chi connectivity index (χ4n) is 2.58. The molecule has 1 amide bonds. The van der Waals surface area contributed by atoms with Gasteiger partial charge < -0.3 is 19.6 Å². The normalized spacial score (nSPS) is 11.3. The molecule has 1 aromatic heterocycles. The molecule has 0 radical (unpaired) electrons. The number of furan rings is 1. The van der Waals surface area contributed by atoms with Crippen LogP contribution in [0.5, 0.6) is 11.5 Å². The van der Waals surface area contributed by atoms with Gasteiger partial charge in [0.05, 0.1) is 5.69 Å². The van der Waals surface area contributed by atoms with E-state index >= 15 is 0 Å². The topological polar surface area (TPSA) is 71.7 Å². The molecule has 0 bridgehead atoms. The maximum absolute atomic E-state index is 12.3. The SMILES string of the molecule is CC(C)(C)c1ccc(OCc2ccc(C(=O)Nc3cc(Cl)ccc3O)o2)cc1. The quantitative estimate of drug-likeness (QED) is 0.534. The van der Waals surface area contributed by atoms with Gasteiger partial charge in [-0.1, -0.05) is 44.5 Å². The predicted molar refractivity (Wildman–Crippen MR) is 109 cm³/mol. The number of carbonyl (C=O) groups excluding carboxylic acids is 1. The third-order valence-electron chi connectivity index (χ3n) is 4.19. The van der Waals surface area contributed by atoms with Crippen molar-refractivity contribution in [1.29, 1.82) is 0 Å². The second-order valence-electron chi connectivity index (χ2n) is 7.44. The van der Waals surface area contributed by atoms with Gasteiger partial charge in [-0.05, 0) is 53.4 Å². The molecule has 0 atom stereocenters. The molecule has 5 nitrogen and oxygen atoms in total. The number of phenolic OH excluding ortho intramolecular Hbond substituents is 1. The molecular weight excluding hydrogens is 378 g/mol. The number of ether oxygens (including phenoxy) is 1. The summed E-state index contributed by atoms with van der Waals surface area (Å²) in [5.41, 5.74) is 1.52. The van der Waals surface area contributed by atoms with Gasteiger partial charge in [-0.25, -0.2) is 0 Å². The second-order valence-corrected chi connectivity index (χ2v) is 7.88. The monoisotopic (exact) mass is 399 g/mol. The molecule has 0 aliphatic carbocycles. The average molecular weight is 400 g/mol. The minimum absolute atomic E-state index is 0.0773. The highest BCUT2D eigenvalue weighted by Gasteiger charge is 2.15. The lowest BCUT2D eigenvalue weighted by molar-refractivity contribution is 0.0992. The Hall–Kier alpha value is -2.92. The van der Waals surface area contributed by atoms with Crippen molar-refractivity contribution in [1.82, 2.24) is 0 Å². The summed E-state index contributed by atoms with van der Waals surface area (Å²) in [4.78, 5) is 12.3. The molecule has 0 unspecified atom stereocenters. The third kappa shape index (κ3) is 4.87. The fraction of sp³-hybridized carbons (Fsp3) is 0.227. The Morgan fingerprint density at radius 1 is 1.11 bits per heavy atom. The number of halogens is 1. The number of aromatic hydroxyl groups is 1. The van der Waals surface area contributed by atoms with Gasteiger partial charge in [0.15, 0.2) is 5.76 Å². The summed E-state index contributed by atoms with van der Waals surface area (Å²) in [5.74, 6) is 0.783.